The minimum atomic E-state index is -0.212. The number of pyridine rings is 2. The van der Waals surface area contributed by atoms with Crippen LogP contribution < -0.4 is 11.1 Å². The van der Waals surface area contributed by atoms with E-state index in [0.717, 1.165) is 11.3 Å². The minimum Gasteiger partial charge on any atom is -0.312 e. The predicted molar refractivity (Wildman–Crippen MR) is 62.2 cm³/mol. The van der Waals surface area contributed by atoms with Gasteiger partial charge in [0, 0.05) is 30.7 Å². The molecule has 0 radical (unpaired) electrons. The summed E-state index contributed by atoms with van der Waals surface area (Å²) in [6.07, 6.45) is 5.05. The van der Waals surface area contributed by atoms with Gasteiger partial charge in [0.2, 0.25) is 0 Å². The molecule has 2 rings (SSSR count). The van der Waals surface area contributed by atoms with Gasteiger partial charge in [-0.2, -0.15) is 0 Å². The Morgan fingerprint density at radius 1 is 1.19 bits per heavy atom. The normalized spacial score (nSPS) is 12.3. The summed E-state index contributed by atoms with van der Waals surface area (Å²) in [4.78, 5) is 8.24. The van der Waals surface area contributed by atoms with Gasteiger partial charge in [-0.15, -0.1) is 0 Å². The van der Waals surface area contributed by atoms with Crippen molar-refractivity contribution in [2.24, 2.45) is 5.73 Å². The lowest BCUT2D eigenvalue weighted by atomic mass is 10.2. The molecule has 0 aromatic carbocycles. The van der Waals surface area contributed by atoms with E-state index in [1.54, 1.807) is 18.6 Å². The van der Waals surface area contributed by atoms with Gasteiger partial charge in [0.1, 0.15) is 0 Å². The first kappa shape index (κ1) is 10.7. The van der Waals surface area contributed by atoms with E-state index in [2.05, 4.69) is 15.3 Å². The van der Waals surface area contributed by atoms with Crippen molar-refractivity contribution >= 4 is 0 Å². The zero-order valence-corrected chi connectivity index (χ0v) is 8.88. The quantitative estimate of drug-likeness (QED) is 0.751. The summed E-state index contributed by atoms with van der Waals surface area (Å²) in [5.74, 6) is 0. The Bertz CT molecular complexity index is 416. The lowest BCUT2D eigenvalue weighted by Crippen LogP contribution is -2.28. The first-order chi connectivity index (χ1) is 7.86. The van der Waals surface area contributed by atoms with Crippen LogP contribution in [-0.4, -0.2) is 9.97 Å². The van der Waals surface area contributed by atoms with Gasteiger partial charge in [-0.3, -0.25) is 15.3 Å². The molecule has 1 atom stereocenters. The number of hydrogen-bond acceptors (Lipinski definition) is 4. The van der Waals surface area contributed by atoms with Crippen molar-refractivity contribution in [3.05, 3.63) is 60.2 Å². The Hall–Kier alpha value is -1.78. The number of nitrogens with one attached hydrogen (secondary N) is 1. The monoisotopic (exact) mass is 214 g/mol. The van der Waals surface area contributed by atoms with E-state index >= 15 is 0 Å². The fraction of sp³-hybridized carbons (Fsp3) is 0.167. The van der Waals surface area contributed by atoms with Gasteiger partial charge in [0.15, 0.2) is 0 Å². The van der Waals surface area contributed by atoms with Crippen LogP contribution in [0.2, 0.25) is 0 Å². The van der Waals surface area contributed by atoms with Crippen molar-refractivity contribution in [2.75, 3.05) is 0 Å². The second kappa shape index (κ2) is 5.34. The zero-order valence-electron chi connectivity index (χ0n) is 8.88. The van der Waals surface area contributed by atoms with E-state index in [9.17, 15) is 0 Å². The molecule has 3 N–H and O–H groups in total. The fourth-order valence-corrected chi connectivity index (χ4v) is 1.40. The SMILES string of the molecule is NC(NCc1ccccn1)c1cccnc1. The van der Waals surface area contributed by atoms with Crippen molar-refractivity contribution in [2.45, 2.75) is 12.7 Å². The second-order valence-electron chi connectivity index (χ2n) is 3.47. The topological polar surface area (TPSA) is 63.8 Å². The molecule has 2 aromatic rings. The molecule has 16 heavy (non-hydrogen) atoms. The first-order valence-electron chi connectivity index (χ1n) is 5.15. The van der Waals surface area contributed by atoms with Gasteiger partial charge in [0.25, 0.3) is 0 Å². The highest BCUT2D eigenvalue weighted by atomic mass is 15.0. The number of rotatable bonds is 4. The Labute approximate surface area is 94.5 Å². The van der Waals surface area contributed by atoms with Crippen LogP contribution in [0.5, 0.6) is 0 Å². The lowest BCUT2D eigenvalue weighted by molar-refractivity contribution is 0.544. The molecule has 82 valence electrons. The third kappa shape index (κ3) is 2.85. The fourth-order valence-electron chi connectivity index (χ4n) is 1.40. The Morgan fingerprint density at radius 3 is 2.81 bits per heavy atom. The van der Waals surface area contributed by atoms with E-state index in [-0.39, 0.29) is 6.17 Å². The molecule has 0 aliphatic rings. The van der Waals surface area contributed by atoms with E-state index < -0.39 is 0 Å². The van der Waals surface area contributed by atoms with Gasteiger partial charge < -0.3 is 5.73 Å². The Morgan fingerprint density at radius 2 is 2.12 bits per heavy atom. The zero-order chi connectivity index (χ0) is 11.2. The maximum Gasteiger partial charge on any atom is 0.0828 e. The number of aromatic nitrogens is 2. The molecule has 0 amide bonds. The van der Waals surface area contributed by atoms with E-state index in [1.165, 1.54) is 0 Å². The van der Waals surface area contributed by atoms with E-state index in [1.807, 2.05) is 30.3 Å². The molecule has 0 fully saturated rings. The smallest absolute Gasteiger partial charge is 0.0828 e. The standard InChI is InChI=1S/C12H14N4/c13-12(10-4-3-6-14-8-10)16-9-11-5-1-2-7-15-11/h1-8,12,16H,9,13H2. The summed E-state index contributed by atoms with van der Waals surface area (Å²) in [6, 6.07) is 9.63. The van der Waals surface area contributed by atoms with Crippen LogP contribution in [0, 0.1) is 0 Å². The predicted octanol–water partition coefficient (Wildman–Crippen LogP) is 1.22. The summed E-state index contributed by atoms with van der Waals surface area (Å²) in [7, 11) is 0. The third-order valence-corrected chi connectivity index (χ3v) is 2.27. The lowest BCUT2D eigenvalue weighted by Gasteiger charge is -2.13. The highest BCUT2D eigenvalue weighted by Gasteiger charge is 2.04. The van der Waals surface area contributed by atoms with Crippen LogP contribution in [0.4, 0.5) is 0 Å². The molecular formula is C12H14N4. The van der Waals surface area contributed by atoms with Gasteiger partial charge in [-0.1, -0.05) is 12.1 Å². The van der Waals surface area contributed by atoms with E-state index in [0.29, 0.717) is 6.54 Å². The molecule has 0 aliphatic heterocycles. The highest BCUT2D eigenvalue weighted by Crippen LogP contribution is 2.05. The number of nitrogens with two attached hydrogens (primary N) is 1. The average molecular weight is 214 g/mol. The molecule has 1 unspecified atom stereocenters. The molecule has 4 nitrogen and oxygen atoms in total. The molecule has 0 saturated carbocycles. The molecule has 0 aliphatic carbocycles. The minimum absolute atomic E-state index is 0.212. The number of hydrogen-bond donors (Lipinski definition) is 2. The number of nitrogens with zero attached hydrogens (tertiary/aromatic N) is 2. The van der Waals surface area contributed by atoms with Gasteiger partial charge in [-0.05, 0) is 18.2 Å². The first-order valence-corrected chi connectivity index (χ1v) is 5.15. The van der Waals surface area contributed by atoms with Crippen molar-refractivity contribution < 1.29 is 0 Å². The summed E-state index contributed by atoms with van der Waals surface area (Å²) >= 11 is 0. The summed E-state index contributed by atoms with van der Waals surface area (Å²) in [5, 5.41) is 3.19. The van der Waals surface area contributed by atoms with Gasteiger partial charge >= 0.3 is 0 Å². The molecular weight excluding hydrogens is 200 g/mol. The third-order valence-electron chi connectivity index (χ3n) is 2.27. The van der Waals surface area contributed by atoms with Crippen molar-refractivity contribution in [3.63, 3.8) is 0 Å². The summed E-state index contributed by atoms with van der Waals surface area (Å²) in [6.45, 7) is 0.650. The van der Waals surface area contributed by atoms with Crippen molar-refractivity contribution in [3.8, 4) is 0 Å². The van der Waals surface area contributed by atoms with Gasteiger partial charge in [0.05, 0.1) is 11.9 Å². The van der Waals surface area contributed by atoms with Crippen LogP contribution in [-0.2, 0) is 6.54 Å². The second-order valence-corrected chi connectivity index (χ2v) is 3.47. The average Bonchev–Trinajstić information content (AvgIpc) is 2.38. The van der Waals surface area contributed by atoms with Gasteiger partial charge in [-0.25, -0.2) is 0 Å². The molecule has 2 heterocycles. The van der Waals surface area contributed by atoms with Crippen LogP contribution in [0.3, 0.4) is 0 Å². The molecule has 0 bridgehead atoms. The van der Waals surface area contributed by atoms with Crippen LogP contribution in [0.1, 0.15) is 17.4 Å². The Balaban J connectivity index is 1.92. The van der Waals surface area contributed by atoms with E-state index in [4.69, 9.17) is 5.73 Å². The van der Waals surface area contributed by atoms with Crippen LogP contribution >= 0.6 is 0 Å². The molecule has 4 heteroatoms. The van der Waals surface area contributed by atoms with Crippen molar-refractivity contribution in [1.82, 2.24) is 15.3 Å². The van der Waals surface area contributed by atoms with Crippen LogP contribution in [0.25, 0.3) is 0 Å². The Kier molecular flexibility index (Phi) is 3.58. The molecule has 2 aromatic heterocycles. The maximum atomic E-state index is 5.96. The van der Waals surface area contributed by atoms with Crippen LogP contribution in [0.15, 0.2) is 48.9 Å². The molecule has 0 saturated heterocycles. The largest absolute Gasteiger partial charge is 0.312 e. The van der Waals surface area contributed by atoms with Crippen molar-refractivity contribution in [1.29, 1.82) is 0 Å². The maximum absolute atomic E-state index is 5.96. The summed E-state index contributed by atoms with van der Waals surface area (Å²) in [5.41, 5.74) is 7.91. The molecule has 0 spiro atoms. The summed E-state index contributed by atoms with van der Waals surface area (Å²) < 4.78 is 0. The highest BCUT2D eigenvalue weighted by molar-refractivity contribution is 5.13.